The van der Waals surface area contributed by atoms with E-state index < -0.39 is 5.91 Å². The number of aryl methyl sites for hydroxylation is 1. The van der Waals surface area contributed by atoms with E-state index in [1.807, 2.05) is 24.3 Å². The predicted octanol–water partition coefficient (Wildman–Crippen LogP) is 1.14. The summed E-state index contributed by atoms with van der Waals surface area (Å²) in [5.41, 5.74) is 2.66. The fraction of sp³-hybridized carbons (Fsp3) is 0.0588. The van der Waals surface area contributed by atoms with Gasteiger partial charge in [0.25, 0.3) is 11.5 Å². The number of nitrogens with zero attached hydrogens (tertiary/aromatic N) is 6. The second-order valence-corrected chi connectivity index (χ2v) is 5.57. The molecule has 0 fully saturated rings. The van der Waals surface area contributed by atoms with Crippen LogP contribution in [0, 0.1) is 0 Å². The summed E-state index contributed by atoms with van der Waals surface area (Å²) in [7, 11) is 1.49. The molecule has 3 heterocycles. The number of aromatic nitrogens is 6. The van der Waals surface area contributed by atoms with Gasteiger partial charge in [0.15, 0.2) is 5.65 Å². The molecular weight excluding hydrogens is 334 g/mol. The summed E-state index contributed by atoms with van der Waals surface area (Å²) in [5.74, 6) is -0.403. The minimum Gasteiger partial charge on any atom is -0.321 e. The maximum atomic E-state index is 12.3. The van der Waals surface area contributed by atoms with Crippen LogP contribution in [0.5, 0.6) is 0 Å². The Balaban J connectivity index is 1.61. The lowest BCUT2D eigenvalue weighted by molar-refractivity contribution is 0.102. The second-order valence-electron chi connectivity index (χ2n) is 5.57. The molecule has 4 aromatic rings. The minimum absolute atomic E-state index is 0.154. The third-order valence-corrected chi connectivity index (χ3v) is 3.77. The van der Waals surface area contributed by atoms with E-state index in [0.717, 1.165) is 10.2 Å². The highest BCUT2D eigenvalue weighted by atomic mass is 16.2. The topological polar surface area (TPSA) is 107 Å². The first-order valence-electron chi connectivity index (χ1n) is 7.73. The number of nitrogens with one attached hydrogen (secondary N) is 1. The van der Waals surface area contributed by atoms with Gasteiger partial charge in [-0.1, -0.05) is 12.1 Å². The largest absolute Gasteiger partial charge is 0.321 e. The van der Waals surface area contributed by atoms with Crippen molar-refractivity contribution in [1.82, 2.24) is 29.6 Å². The number of hydrogen-bond acceptors (Lipinski definition) is 6. The van der Waals surface area contributed by atoms with Crippen LogP contribution in [0.1, 0.15) is 10.5 Å². The van der Waals surface area contributed by atoms with Gasteiger partial charge in [0.2, 0.25) is 0 Å². The van der Waals surface area contributed by atoms with Crippen LogP contribution in [-0.4, -0.2) is 35.5 Å². The number of benzene rings is 1. The Morgan fingerprint density at radius 1 is 1.08 bits per heavy atom. The maximum Gasteiger partial charge on any atom is 0.276 e. The highest BCUT2D eigenvalue weighted by Gasteiger charge is 2.10. The van der Waals surface area contributed by atoms with Crippen molar-refractivity contribution < 1.29 is 4.79 Å². The summed E-state index contributed by atoms with van der Waals surface area (Å²) in [5, 5.41) is 18.9. The van der Waals surface area contributed by atoms with Gasteiger partial charge in [-0.05, 0) is 30.3 Å². The summed E-state index contributed by atoms with van der Waals surface area (Å²) < 4.78 is 2.69. The molecule has 1 N–H and O–H groups in total. The van der Waals surface area contributed by atoms with Gasteiger partial charge in [-0.25, -0.2) is 4.68 Å². The van der Waals surface area contributed by atoms with E-state index in [2.05, 4.69) is 25.7 Å². The van der Waals surface area contributed by atoms with E-state index >= 15 is 0 Å². The smallest absolute Gasteiger partial charge is 0.276 e. The van der Waals surface area contributed by atoms with Crippen molar-refractivity contribution in [1.29, 1.82) is 0 Å². The van der Waals surface area contributed by atoms with E-state index in [4.69, 9.17) is 0 Å². The molecule has 0 saturated carbocycles. The van der Waals surface area contributed by atoms with Gasteiger partial charge in [-0.3, -0.25) is 9.59 Å². The van der Waals surface area contributed by atoms with E-state index in [-0.39, 0.29) is 11.3 Å². The molecule has 1 aromatic carbocycles. The zero-order valence-corrected chi connectivity index (χ0v) is 13.7. The van der Waals surface area contributed by atoms with Crippen LogP contribution < -0.4 is 10.9 Å². The second kappa shape index (κ2) is 6.20. The van der Waals surface area contributed by atoms with Gasteiger partial charge in [-0.15, -0.1) is 10.2 Å². The van der Waals surface area contributed by atoms with Gasteiger partial charge in [0.1, 0.15) is 12.0 Å². The first-order valence-corrected chi connectivity index (χ1v) is 7.73. The highest BCUT2D eigenvalue weighted by Crippen LogP contribution is 2.21. The average Bonchev–Trinajstić information content (AvgIpc) is 3.12. The summed E-state index contributed by atoms with van der Waals surface area (Å²) in [6.07, 6.45) is 1.52. The molecule has 0 unspecified atom stereocenters. The molecule has 0 aliphatic rings. The fourth-order valence-corrected chi connectivity index (χ4v) is 2.46. The number of hydrogen-bond donors (Lipinski definition) is 1. The number of anilines is 1. The van der Waals surface area contributed by atoms with Crippen molar-refractivity contribution in [3.05, 3.63) is 70.9 Å². The van der Waals surface area contributed by atoms with E-state index in [1.165, 1.54) is 25.5 Å². The first kappa shape index (κ1) is 15.6. The summed E-state index contributed by atoms with van der Waals surface area (Å²) in [4.78, 5) is 23.7. The molecular formula is C17H13N7O2. The van der Waals surface area contributed by atoms with E-state index in [9.17, 15) is 9.59 Å². The van der Waals surface area contributed by atoms with E-state index in [0.29, 0.717) is 17.0 Å². The maximum absolute atomic E-state index is 12.3. The molecule has 0 bridgehead atoms. The summed E-state index contributed by atoms with van der Waals surface area (Å²) in [6, 6.07) is 13.6. The van der Waals surface area contributed by atoms with E-state index in [1.54, 1.807) is 16.6 Å². The van der Waals surface area contributed by atoms with Crippen LogP contribution >= 0.6 is 0 Å². The minimum atomic E-state index is -0.403. The molecule has 26 heavy (non-hydrogen) atoms. The normalized spacial score (nSPS) is 10.8. The molecule has 3 aromatic heterocycles. The lowest BCUT2D eigenvalue weighted by Crippen LogP contribution is -2.23. The molecule has 128 valence electrons. The van der Waals surface area contributed by atoms with Crippen LogP contribution in [0.3, 0.4) is 0 Å². The van der Waals surface area contributed by atoms with Crippen LogP contribution in [0.2, 0.25) is 0 Å². The third kappa shape index (κ3) is 2.93. The van der Waals surface area contributed by atoms with Crippen LogP contribution in [-0.2, 0) is 7.05 Å². The van der Waals surface area contributed by atoms with Crippen LogP contribution in [0.4, 0.5) is 5.69 Å². The van der Waals surface area contributed by atoms with Crippen LogP contribution in [0.15, 0.2) is 59.7 Å². The van der Waals surface area contributed by atoms with Crippen molar-refractivity contribution in [2.75, 3.05) is 5.32 Å². The Morgan fingerprint density at radius 2 is 1.96 bits per heavy atom. The summed E-state index contributed by atoms with van der Waals surface area (Å²) >= 11 is 0. The molecule has 0 saturated heterocycles. The molecule has 0 spiro atoms. The molecule has 0 aliphatic heterocycles. The zero-order valence-electron chi connectivity index (χ0n) is 13.7. The van der Waals surface area contributed by atoms with Gasteiger partial charge in [-0.2, -0.15) is 14.7 Å². The number of fused-ring (bicyclic) bond motifs is 1. The Labute approximate surface area is 146 Å². The lowest BCUT2D eigenvalue weighted by atomic mass is 10.1. The average molecular weight is 347 g/mol. The number of amides is 1. The zero-order chi connectivity index (χ0) is 18.1. The third-order valence-electron chi connectivity index (χ3n) is 3.77. The van der Waals surface area contributed by atoms with Crippen molar-refractivity contribution in [3.63, 3.8) is 0 Å². The molecule has 1 amide bonds. The molecule has 4 rings (SSSR count). The standard InChI is InChI=1S/C17H13N7O2/c1-23-16(25)8-6-14(21-23)17(26)19-12-4-2-3-11(9-12)13-5-7-15-20-18-10-24(15)22-13/h2-10H,1H3,(H,19,26). The van der Waals surface area contributed by atoms with Crippen molar-refractivity contribution in [3.8, 4) is 11.3 Å². The quantitative estimate of drug-likeness (QED) is 0.595. The number of carbonyl (C=O) groups excluding carboxylic acids is 1. The predicted molar refractivity (Wildman–Crippen MR) is 93.6 cm³/mol. The Morgan fingerprint density at radius 3 is 2.81 bits per heavy atom. The van der Waals surface area contributed by atoms with Crippen molar-refractivity contribution in [2.45, 2.75) is 0 Å². The monoisotopic (exact) mass is 347 g/mol. The summed E-state index contributed by atoms with van der Waals surface area (Å²) in [6.45, 7) is 0. The SMILES string of the molecule is Cn1nc(C(=O)Nc2cccc(-c3ccc4nncn4n3)c2)ccc1=O. The van der Waals surface area contributed by atoms with Gasteiger partial charge >= 0.3 is 0 Å². The Kier molecular flexibility index (Phi) is 3.73. The van der Waals surface area contributed by atoms with Crippen LogP contribution in [0.25, 0.3) is 16.9 Å². The molecule has 9 heteroatoms. The van der Waals surface area contributed by atoms with Gasteiger partial charge < -0.3 is 5.32 Å². The Bertz CT molecular complexity index is 1180. The first-order chi connectivity index (χ1) is 12.6. The molecule has 0 aliphatic carbocycles. The number of carbonyl (C=O) groups is 1. The number of rotatable bonds is 3. The van der Waals surface area contributed by atoms with Gasteiger partial charge in [0, 0.05) is 24.4 Å². The molecule has 0 radical (unpaired) electrons. The molecule has 0 atom stereocenters. The molecule has 9 nitrogen and oxygen atoms in total. The van der Waals surface area contributed by atoms with Gasteiger partial charge in [0.05, 0.1) is 5.69 Å². The van der Waals surface area contributed by atoms with Crippen molar-refractivity contribution >= 4 is 17.2 Å². The lowest BCUT2D eigenvalue weighted by Gasteiger charge is -2.07. The Hall–Kier alpha value is -3.88. The highest BCUT2D eigenvalue weighted by molar-refractivity contribution is 6.03. The van der Waals surface area contributed by atoms with Crippen molar-refractivity contribution in [2.24, 2.45) is 7.05 Å². The fourth-order valence-electron chi connectivity index (χ4n) is 2.46.